The molecule has 1 saturated heterocycles. The third-order valence-corrected chi connectivity index (χ3v) is 3.79. The normalized spacial score (nSPS) is 18.7. The molecule has 1 aliphatic rings. The third-order valence-electron chi connectivity index (χ3n) is 3.79. The fourth-order valence-electron chi connectivity index (χ4n) is 2.70. The zero-order chi connectivity index (χ0) is 14.7. The van der Waals surface area contributed by atoms with Crippen LogP contribution in [0.5, 0.6) is 5.75 Å². The molecule has 0 radical (unpaired) electrons. The standard InChI is InChI=1S/C16H21N3O2/c1-19(11-14-10-17-7-8-21-14)16-15-4-3-13(20-2)9-12(15)5-6-18-16/h3-6,9,14,17H,7-8,10-11H2,1-2H3. The van der Waals surface area contributed by atoms with Crippen molar-refractivity contribution in [2.45, 2.75) is 6.10 Å². The van der Waals surface area contributed by atoms with Crippen LogP contribution in [0, 0.1) is 0 Å². The van der Waals surface area contributed by atoms with E-state index in [2.05, 4.69) is 28.3 Å². The van der Waals surface area contributed by atoms with Gasteiger partial charge in [-0.15, -0.1) is 0 Å². The largest absolute Gasteiger partial charge is 0.497 e. The Hall–Kier alpha value is -1.85. The van der Waals surface area contributed by atoms with E-state index in [1.54, 1.807) is 7.11 Å². The first kappa shape index (κ1) is 14.1. The molecule has 1 N–H and O–H groups in total. The lowest BCUT2D eigenvalue weighted by Gasteiger charge is -2.29. The van der Waals surface area contributed by atoms with Gasteiger partial charge in [-0.05, 0) is 29.7 Å². The summed E-state index contributed by atoms with van der Waals surface area (Å²) < 4.78 is 11.0. The number of likely N-dealkylation sites (N-methyl/N-ethyl adjacent to an activating group) is 1. The number of morpholine rings is 1. The van der Waals surface area contributed by atoms with Gasteiger partial charge in [0.05, 0.1) is 19.8 Å². The average molecular weight is 287 g/mol. The summed E-state index contributed by atoms with van der Waals surface area (Å²) in [7, 11) is 3.74. The predicted octanol–water partition coefficient (Wildman–Crippen LogP) is 1.67. The van der Waals surface area contributed by atoms with E-state index < -0.39 is 0 Å². The summed E-state index contributed by atoms with van der Waals surface area (Å²) in [5, 5.41) is 5.62. The van der Waals surface area contributed by atoms with Crippen molar-refractivity contribution < 1.29 is 9.47 Å². The molecular weight excluding hydrogens is 266 g/mol. The number of hydrogen-bond donors (Lipinski definition) is 1. The second-order valence-corrected chi connectivity index (χ2v) is 5.30. The zero-order valence-corrected chi connectivity index (χ0v) is 12.5. The lowest BCUT2D eigenvalue weighted by atomic mass is 10.1. The van der Waals surface area contributed by atoms with Gasteiger partial charge in [0.25, 0.3) is 0 Å². The molecule has 1 aliphatic heterocycles. The van der Waals surface area contributed by atoms with E-state index in [0.717, 1.165) is 48.6 Å². The van der Waals surface area contributed by atoms with Gasteiger partial charge in [0.1, 0.15) is 11.6 Å². The minimum Gasteiger partial charge on any atom is -0.497 e. The second kappa shape index (κ2) is 6.28. The maximum absolute atomic E-state index is 5.77. The Bertz CT molecular complexity index is 611. The van der Waals surface area contributed by atoms with E-state index in [0.29, 0.717) is 0 Å². The molecule has 0 bridgehead atoms. The number of aromatic nitrogens is 1. The number of pyridine rings is 1. The highest BCUT2D eigenvalue weighted by molar-refractivity contribution is 5.93. The van der Waals surface area contributed by atoms with Crippen molar-refractivity contribution in [3.63, 3.8) is 0 Å². The van der Waals surface area contributed by atoms with Crippen LogP contribution in [-0.2, 0) is 4.74 Å². The molecule has 1 fully saturated rings. The van der Waals surface area contributed by atoms with Crippen molar-refractivity contribution >= 4 is 16.6 Å². The van der Waals surface area contributed by atoms with Gasteiger partial charge < -0.3 is 19.7 Å². The molecule has 1 unspecified atom stereocenters. The van der Waals surface area contributed by atoms with E-state index >= 15 is 0 Å². The summed E-state index contributed by atoms with van der Waals surface area (Å²) >= 11 is 0. The zero-order valence-electron chi connectivity index (χ0n) is 12.5. The minimum atomic E-state index is 0.207. The molecule has 1 atom stereocenters. The number of nitrogens with zero attached hydrogens (tertiary/aromatic N) is 2. The van der Waals surface area contributed by atoms with Crippen molar-refractivity contribution in [1.29, 1.82) is 0 Å². The molecule has 0 saturated carbocycles. The van der Waals surface area contributed by atoms with Gasteiger partial charge in [0.15, 0.2) is 0 Å². The van der Waals surface area contributed by atoms with Crippen LogP contribution < -0.4 is 15.0 Å². The molecule has 0 spiro atoms. The Balaban J connectivity index is 1.84. The maximum atomic E-state index is 5.77. The van der Waals surface area contributed by atoms with Crippen LogP contribution in [0.25, 0.3) is 10.8 Å². The molecule has 5 nitrogen and oxygen atoms in total. The molecular formula is C16H21N3O2. The number of methoxy groups -OCH3 is 1. The summed E-state index contributed by atoms with van der Waals surface area (Å²) in [4.78, 5) is 6.70. The molecule has 2 aromatic rings. The second-order valence-electron chi connectivity index (χ2n) is 5.30. The molecule has 0 amide bonds. The van der Waals surface area contributed by atoms with Gasteiger partial charge in [-0.25, -0.2) is 4.98 Å². The minimum absolute atomic E-state index is 0.207. The van der Waals surface area contributed by atoms with Crippen LogP contribution in [0.4, 0.5) is 5.82 Å². The molecule has 1 aromatic heterocycles. The topological polar surface area (TPSA) is 46.6 Å². The molecule has 5 heteroatoms. The number of nitrogens with one attached hydrogen (secondary N) is 1. The summed E-state index contributed by atoms with van der Waals surface area (Å²) in [6.45, 7) is 3.43. The lowest BCUT2D eigenvalue weighted by molar-refractivity contribution is 0.0339. The third kappa shape index (κ3) is 3.09. The number of rotatable bonds is 4. The average Bonchev–Trinajstić information content (AvgIpc) is 2.54. The van der Waals surface area contributed by atoms with Crippen LogP contribution in [0.2, 0.25) is 0 Å². The first-order valence-corrected chi connectivity index (χ1v) is 7.24. The predicted molar refractivity (Wildman–Crippen MR) is 84.2 cm³/mol. The summed E-state index contributed by atoms with van der Waals surface area (Å²) in [6.07, 6.45) is 2.05. The Kier molecular flexibility index (Phi) is 4.22. The molecule has 112 valence electrons. The van der Waals surface area contributed by atoms with Crippen molar-refractivity contribution in [3.8, 4) is 5.75 Å². The maximum Gasteiger partial charge on any atom is 0.136 e. The first-order valence-electron chi connectivity index (χ1n) is 7.24. The van der Waals surface area contributed by atoms with E-state index in [4.69, 9.17) is 9.47 Å². The number of anilines is 1. The van der Waals surface area contributed by atoms with E-state index in [9.17, 15) is 0 Å². The number of hydrogen-bond acceptors (Lipinski definition) is 5. The lowest BCUT2D eigenvalue weighted by Crippen LogP contribution is -2.44. The molecule has 2 heterocycles. The van der Waals surface area contributed by atoms with Crippen LogP contribution in [0.3, 0.4) is 0 Å². The van der Waals surface area contributed by atoms with Crippen LogP contribution in [0.1, 0.15) is 0 Å². The van der Waals surface area contributed by atoms with Crippen molar-refractivity contribution in [1.82, 2.24) is 10.3 Å². The highest BCUT2D eigenvalue weighted by Gasteiger charge is 2.17. The van der Waals surface area contributed by atoms with Gasteiger partial charge in [-0.2, -0.15) is 0 Å². The van der Waals surface area contributed by atoms with Crippen molar-refractivity contribution in [2.75, 3.05) is 45.3 Å². The highest BCUT2D eigenvalue weighted by atomic mass is 16.5. The summed E-state index contributed by atoms with van der Waals surface area (Å²) in [5.41, 5.74) is 0. The van der Waals surface area contributed by atoms with Gasteiger partial charge in [0.2, 0.25) is 0 Å². The molecule has 21 heavy (non-hydrogen) atoms. The van der Waals surface area contributed by atoms with Crippen LogP contribution in [-0.4, -0.2) is 51.5 Å². The molecule has 1 aromatic carbocycles. The number of benzene rings is 1. The fourth-order valence-corrected chi connectivity index (χ4v) is 2.70. The summed E-state index contributed by atoms with van der Waals surface area (Å²) in [5.74, 6) is 1.84. The highest BCUT2D eigenvalue weighted by Crippen LogP contribution is 2.27. The summed E-state index contributed by atoms with van der Waals surface area (Å²) in [6, 6.07) is 8.08. The van der Waals surface area contributed by atoms with Crippen LogP contribution >= 0.6 is 0 Å². The van der Waals surface area contributed by atoms with Crippen molar-refractivity contribution in [3.05, 3.63) is 30.5 Å². The number of ether oxygens (including phenoxy) is 2. The molecule has 0 aliphatic carbocycles. The Morgan fingerprint density at radius 2 is 2.33 bits per heavy atom. The molecule has 3 rings (SSSR count). The number of fused-ring (bicyclic) bond motifs is 1. The van der Waals surface area contributed by atoms with Gasteiger partial charge in [-0.3, -0.25) is 0 Å². The van der Waals surface area contributed by atoms with Gasteiger partial charge in [-0.1, -0.05) is 0 Å². The van der Waals surface area contributed by atoms with E-state index in [1.807, 2.05) is 24.4 Å². The quantitative estimate of drug-likeness (QED) is 0.927. The van der Waals surface area contributed by atoms with E-state index in [-0.39, 0.29) is 6.10 Å². The monoisotopic (exact) mass is 287 g/mol. The Morgan fingerprint density at radius 3 is 3.10 bits per heavy atom. The van der Waals surface area contributed by atoms with Crippen molar-refractivity contribution in [2.24, 2.45) is 0 Å². The van der Waals surface area contributed by atoms with Gasteiger partial charge >= 0.3 is 0 Å². The Labute approximate surface area is 124 Å². The smallest absolute Gasteiger partial charge is 0.136 e. The fraction of sp³-hybridized carbons (Fsp3) is 0.438. The Morgan fingerprint density at radius 1 is 1.43 bits per heavy atom. The van der Waals surface area contributed by atoms with Crippen LogP contribution in [0.15, 0.2) is 30.5 Å². The van der Waals surface area contributed by atoms with E-state index in [1.165, 1.54) is 0 Å². The van der Waals surface area contributed by atoms with Gasteiger partial charge in [0, 0.05) is 38.3 Å². The SMILES string of the molecule is COc1ccc2c(N(C)CC3CNCCO3)nccc2c1. The first-order chi connectivity index (χ1) is 10.3.